The summed E-state index contributed by atoms with van der Waals surface area (Å²) in [5.41, 5.74) is 2.06. The first-order valence-corrected chi connectivity index (χ1v) is 11.9. The molecule has 1 aliphatic carbocycles. The highest BCUT2D eigenvalue weighted by molar-refractivity contribution is 5.88. The van der Waals surface area contributed by atoms with Crippen LogP contribution >= 0.6 is 0 Å². The molecule has 1 saturated carbocycles. The average molecular weight is 469 g/mol. The van der Waals surface area contributed by atoms with Crippen molar-refractivity contribution in [3.63, 3.8) is 0 Å². The van der Waals surface area contributed by atoms with Crippen LogP contribution in [0, 0.1) is 6.92 Å². The molecule has 0 heterocycles. The first-order chi connectivity index (χ1) is 16.4. The molecule has 0 bridgehead atoms. The van der Waals surface area contributed by atoms with Crippen molar-refractivity contribution in [2.75, 3.05) is 20.8 Å². The van der Waals surface area contributed by atoms with Crippen LogP contribution in [0.4, 0.5) is 0 Å². The lowest BCUT2D eigenvalue weighted by Crippen LogP contribution is -2.51. The Morgan fingerprint density at radius 1 is 1.00 bits per heavy atom. The summed E-state index contributed by atoms with van der Waals surface area (Å²) in [6.07, 6.45) is 5.45. The first-order valence-electron chi connectivity index (χ1n) is 11.9. The molecule has 184 valence electrons. The van der Waals surface area contributed by atoms with Crippen molar-refractivity contribution in [3.8, 4) is 17.2 Å². The summed E-state index contributed by atoms with van der Waals surface area (Å²) >= 11 is 0. The number of amides is 2. The molecule has 0 aromatic heterocycles. The molecule has 1 N–H and O–H groups in total. The number of carbonyl (C=O) groups is 2. The fraction of sp³-hybridized carbons (Fsp3) is 0.481. The van der Waals surface area contributed by atoms with E-state index in [-0.39, 0.29) is 24.5 Å². The molecular formula is C27H36N2O5. The van der Waals surface area contributed by atoms with Crippen LogP contribution < -0.4 is 19.5 Å². The maximum atomic E-state index is 13.3. The zero-order valence-corrected chi connectivity index (χ0v) is 20.6. The lowest BCUT2D eigenvalue weighted by atomic mass is 9.95. The van der Waals surface area contributed by atoms with E-state index in [2.05, 4.69) is 5.32 Å². The molecule has 0 radical (unpaired) electrons. The van der Waals surface area contributed by atoms with Gasteiger partial charge in [-0.05, 0) is 37.8 Å². The predicted molar refractivity (Wildman–Crippen MR) is 131 cm³/mol. The zero-order valence-electron chi connectivity index (χ0n) is 20.6. The van der Waals surface area contributed by atoms with E-state index in [0.29, 0.717) is 23.8 Å². The monoisotopic (exact) mass is 468 g/mol. The SMILES string of the molecule is COc1cc(OC)cc(OCC(=O)N(Cc2ccccc2C)[C@@H](C)C(=O)NC2CCCCC2)c1. The number of hydrogen-bond donors (Lipinski definition) is 1. The third kappa shape index (κ3) is 6.89. The minimum Gasteiger partial charge on any atom is -0.496 e. The van der Waals surface area contributed by atoms with Gasteiger partial charge in [0.05, 0.1) is 14.2 Å². The second-order valence-corrected chi connectivity index (χ2v) is 8.80. The molecule has 7 heteroatoms. The van der Waals surface area contributed by atoms with E-state index >= 15 is 0 Å². The molecular weight excluding hydrogens is 432 g/mol. The summed E-state index contributed by atoms with van der Waals surface area (Å²) in [4.78, 5) is 28.0. The van der Waals surface area contributed by atoms with Gasteiger partial charge in [0.25, 0.3) is 5.91 Å². The van der Waals surface area contributed by atoms with Crippen LogP contribution in [0.15, 0.2) is 42.5 Å². The largest absolute Gasteiger partial charge is 0.496 e. The van der Waals surface area contributed by atoms with Crippen LogP contribution in [0.3, 0.4) is 0 Å². The van der Waals surface area contributed by atoms with Gasteiger partial charge in [-0.2, -0.15) is 0 Å². The fourth-order valence-corrected chi connectivity index (χ4v) is 4.22. The molecule has 0 unspecified atom stereocenters. The molecule has 34 heavy (non-hydrogen) atoms. The second kappa shape index (κ2) is 12.3. The Morgan fingerprint density at radius 3 is 2.24 bits per heavy atom. The highest BCUT2D eigenvalue weighted by atomic mass is 16.5. The van der Waals surface area contributed by atoms with E-state index in [0.717, 1.165) is 36.8 Å². The van der Waals surface area contributed by atoms with Crippen molar-refractivity contribution in [3.05, 3.63) is 53.6 Å². The number of rotatable bonds is 10. The summed E-state index contributed by atoms with van der Waals surface area (Å²) in [7, 11) is 3.11. The van der Waals surface area contributed by atoms with E-state index in [1.54, 1.807) is 44.2 Å². The van der Waals surface area contributed by atoms with Gasteiger partial charge < -0.3 is 24.4 Å². The minimum atomic E-state index is -0.627. The number of hydrogen-bond acceptors (Lipinski definition) is 5. The molecule has 2 amide bonds. The summed E-state index contributed by atoms with van der Waals surface area (Å²) in [6, 6.07) is 12.6. The van der Waals surface area contributed by atoms with E-state index < -0.39 is 6.04 Å². The molecule has 3 rings (SSSR count). The Hall–Kier alpha value is -3.22. The van der Waals surface area contributed by atoms with Gasteiger partial charge in [0, 0.05) is 30.8 Å². The third-order valence-corrected chi connectivity index (χ3v) is 6.41. The van der Waals surface area contributed by atoms with Gasteiger partial charge in [-0.15, -0.1) is 0 Å². The highest BCUT2D eigenvalue weighted by Crippen LogP contribution is 2.27. The molecule has 1 fully saturated rings. The summed E-state index contributed by atoms with van der Waals surface area (Å²) in [5, 5.41) is 3.15. The number of aryl methyl sites for hydroxylation is 1. The Labute approximate surface area is 202 Å². The molecule has 1 atom stereocenters. The Bertz CT molecular complexity index is 949. The van der Waals surface area contributed by atoms with Gasteiger partial charge in [-0.25, -0.2) is 0 Å². The normalized spacial score (nSPS) is 14.7. The van der Waals surface area contributed by atoms with Crippen LogP contribution in [-0.2, 0) is 16.1 Å². The lowest BCUT2D eigenvalue weighted by molar-refractivity contribution is -0.142. The minimum absolute atomic E-state index is 0.128. The van der Waals surface area contributed by atoms with Crippen LogP contribution in [0.25, 0.3) is 0 Å². The van der Waals surface area contributed by atoms with Crippen LogP contribution in [0.5, 0.6) is 17.2 Å². The van der Waals surface area contributed by atoms with Crippen molar-refractivity contribution in [2.24, 2.45) is 0 Å². The molecule has 7 nitrogen and oxygen atoms in total. The van der Waals surface area contributed by atoms with Crippen molar-refractivity contribution in [1.82, 2.24) is 10.2 Å². The highest BCUT2D eigenvalue weighted by Gasteiger charge is 2.28. The van der Waals surface area contributed by atoms with Crippen molar-refractivity contribution in [2.45, 2.75) is 64.6 Å². The molecule has 1 aliphatic rings. The van der Waals surface area contributed by atoms with E-state index in [9.17, 15) is 9.59 Å². The standard InChI is InChI=1S/C27H36N2O5/c1-19-10-8-9-11-21(19)17-29(20(2)27(31)28-22-12-6-5-7-13-22)26(30)18-34-25-15-23(32-3)14-24(16-25)33-4/h8-11,14-16,20,22H,5-7,12-13,17-18H2,1-4H3,(H,28,31)/t20-/m0/s1. The zero-order chi connectivity index (χ0) is 24.5. The van der Waals surface area contributed by atoms with Crippen molar-refractivity contribution < 1.29 is 23.8 Å². The van der Waals surface area contributed by atoms with Gasteiger partial charge in [0.15, 0.2) is 6.61 Å². The number of benzene rings is 2. The molecule has 0 spiro atoms. The van der Waals surface area contributed by atoms with E-state index in [1.165, 1.54) is 6.42 Å². The quantitative estimate of drug-likeness (QED) is 0.564. The summed E-state index contributed by atoms with van der Waals surface area (Å²) in [5.74, 6) is 1.20. The number of nitrogens with zero attached hydrogens (tertiary/aromatic N) is 1. The average Bonchev–Trinajstić information content (AvgIpc) is 2.86. The third-order valence-electron chi connectivity index (χ3n) is 6.41. The summed E-state index contributed by atoms with van der Waals surface area (Å²) in [6.45, 7) is 3.91. The van der Waals surface area contributed by atoms with Gasteiger partial charge in [-0.1, -0.05) is 43.5 Å². The van der Waals surface area contributed by atoms with Gasteiger partial charge >= 0.3 is 0 Å². The van der Waals surface area contributed by atoms with Gasteiger partial charge in [0.1, 0.15) is 23.3 Å². The second-order valence-electron chi connectivity index (χ2n) is 8.80. The fourth-order valence-electron chi connectivity index (χ4n) is 4.22. The Kier molecular flexibility index (Phi) is 9.19. The smallest absolute Gasteiger partial charge is 0.261 e. The molecule has 2 aromatic rings. The van der Waals surface area contributed by atoms with Crippen LogP contribution in [0.2, 0.25) is 0 Å². The predicted octanol–water partition coefficient (Wildman–Crippen LogP) is 4.26. The van der Waals surface area contributed by atoms with Gasteiger partial charge in [0.2, 0.25) is 5.91 Å². The van der Waals surface area contributed by atoms with Crippen LogP contribution in [-0.4, -0.2) is 49.6 Å². The van der Waals surface area contributed by atoms with Crippen molar-refractivity contribution >= 4 is 11.8 Å². The Morgan fingerprint density at radius 2 is 1.62 bits per heavy atom. The number of nitrogens with one attached hydrogen (secondary N) is 1. The number of ether oxygens (including phenoxy) is 3. The topological polar surface area (TPSA) is 77.1 Å². The molecule has 2 aromatic carbocycles. The molecule has 0 aliphatic heterocycles. The molecule has 0 saturated heterocycles. The first kappa shape index (κ1) is 25.4. The lowest BCUT2D eigenvalue weighted by Gasteiger charge is -2.31. The van der Waals surface area contributed by atoms with E-state index in [1.807, 2.05) is 31.2 Å². The van der Waals surface area contributed by atoms with Gasteiger partial charge in [-0.3, -0.25) is 9.59 Å². The maximum Gasteiger partial charge on any atom is 0.261 e. The van der Waals surface area contributed by atoms with Crippen molar-refractivity contribution in [1.29, 1.82) is 0 Å². The van der Waals surface area contributed by atoms with E-state index in [4.69, 9.17) is 14.2 Å². The number of carbonyl (C=O) groups excluding carboxylic acids is 2. The summed E-state index contributed by atoms with van der Waals surface area (Å²) < 4.78 is 16.4. The maximum absolute atomic E-state index is 13.3. The number of methoxy groups -OCH3 is 2. The Balaban J connectivity index is 1.74. The van der Waals surface area contributed by atoms with Crippen LogP contribution in [0.1, 0.15) is 50.2 Å².